The van der Waals surface area contributed by atoms with Crippen LogP contribution in [0.5, 0.6) is 0 Å². The molecular weight excluding hydrogens is 260 g/mol. The first kappa shape index (κ1) is 16.2. The fourth-order valence-electron chi connectivity index (χ4n) is 3.53. The maximum atomic E-state index is 5.91. The lowest BCUT2D eigenvalue weighted by Gasteiger charge is -2.41. The summed E-state index contributed by atoms with van der Waals surface area (Å²) in [6, 6.07) is 10.6. The van der Waals surface area contributed by atoms with Gasteiger partial charge in [0.05, 0.1) is 26.2 Å². The van der Waals surface area contributed by atoms with Gasteiger partial charge in [-0.05, 0) is 26.7 Å². The standard InChI is InChI=1S/C18H28N2O/c1-17(2)13-18(10-11-21-17,15-20(3)4)14-19-12-16-8-6-5-7-9-16/h5-9,14H,10-13,15H2,1-4H3/p+2/t18-/m1/s1. The highest BCUT2D eigenvalue weighted by Gasteiger charge is 2.44. The summed E-state index contributed by atoms with van der Waals surface area (Å²) in [5.74, 6) is 0. The Hall–Kier alpha value is -1.19. The van der Waals surface area contributed by atoms with Gasteiger partial charge in [-0.1, -0.05) is 30.3 Å². The molecule has 0 aromatic heterocycles. The van der Waals surface area contributed by atoms with Crippen molar-refractivity contribution in [2.45, 2.75) is 38.8 Å². The number of hydrogen-bond acceptors (Lipinski definition) is 1. The Bertz CT molecular complexity index is 467. The second kappa shape index (κ2) is 6.71. The van der Waals surface area contributed by atoms with E-state index < -0.39 is 0 Å². The van der Waals surface area contributed by atoms with Crippen LogP contribution in [0, 0.1) is 5.41 Å². The highest BCUT2D eigenvalue weighted by Crippen LogP contribution is 2.35. The third-order valence-corrected chi connectivity index (χ3v) is 4.13. The molecule has 1 saturated heterocycles. The number of nitrogens with one attached hydrogen (secondary N) is 2. The molecule has 0 bridgehead atoms. The highest BCUT2D eigenvalue weighted by molar-refractivity contribution is 5.60. The largest absolute Gasteiger partial charge is 0.375 e. The van der Waals surface area contributed by atoms with Crippen molar-refractivity contribution in [2.24, 2.45) is 5.41 Å². The minimum atomic E-state index is -0.0291. The first-order valence-corrected chi connectivity index (χ1v) is 7.96. The zero-order valence-corrected chi connectivity index (χ0v) is 13.9. The Kier molecular flexibility index (Phi) is 5.17. The molecule has 116 valence electrons. The average Bonchev–Trinajstić information content (AvgIpc) is 2.37. The Morgan fingerprint density at radius 3 is 2.57 bits per heavy atom. The first-order valence-electron chi connectivity index (χ1n) is 7.96. The molecule has 3 nitrogen and oxygen atoms in total. The van der Waals surface area contributed by atoms with E-state index >= 15 is 0 Å². The zero-order valence-electron chi connectivity index (χ0n) is 13.9. The van der Waals surface area contributed by atoms with Crippen LogP contribution in [0.1, 0.15) is 32.3 Å². The van der Waals surface area contributed by atoms with Gasteiger partial charge in [0.15, 0.2) is 6.54 Å². The SMILES string of the molecule is C[NH+](C)C[C@]1(C=[NH+]Cc2ccccc2)CCOC(C)(C)C1. The zero-order chi connectivity index (χ0) is 15.3. The normalized spacial score (nSPS) is 25.6. The van der Waals surface area contributed by atoms with E-state index in [9.17, 15) is 0 Å². The molecule has 0 radical (unpaired) electrons. The topological polar surface area (TPSA) is 27.6 Å². The molecule has 1 aliphatic rings. The van der Waals surface area contributed by atoms with Gasteiger partial charge in [0.25, 0.3) is 0 Å². The van der Waals surface area contributed by atoms with Crippen molar-refractivity contribution in [3.8, 4) is 0 Å². The summed E-state index contributed by atoms with van der Waals surface area (Å²) in [5, 5.41) is 0. The van der Waals surface area contributed by atoms with Crippen molar-refractivity contribution in [1.82, 2.24) is 0 Å². The molecule has 1 fully saturated rings. The lowest BCUT2D eigenvalue weighted by Crippen LogP contribution is -3.07. The van der Waals surface area contributed by atoms with Crippen LogP contribution in [0.4, 0.5) is 0 Å². The quantitative estimate of drug-likeness (QED) is 0.737. The Morgan fingerprint density at radius 2 is 1.95 bits per heavy atom. The van der Waals surface area contributed by atoms with Crippen LogP contribution in [0.25, 0.3) is 0 Å². The lowest BCUT2D eigenvalue weighted by atomic mass is 9.74. The lowest BCUT2D eigenvalue weighted by molar-refractivity contribution is -0.864. The Labute approximate surface area is 129 Å². The van der Waals surface area contributed by atoms with Crippen molar-refractivity contribution < 1.29 is 14.6 Å². The number of benzene rings is 1. The molecule has 0 spiro atoms. The van der Waals surface area contributed by atoms with E-state index in [0.717, 1.165) is 32.5 Å². The minimum Gasteiger partial charge on any atom is -0.375 e. The number of quaternary nitrogens is 1. The fraction of sp³-hybridized carbons (Fsp3) is 0.611. The monoisotopic (exact) mass is 290 g/mol. The molecule has 1 atom stereocenters. The third kappa shape index (κ3) is 4.94. The van der Waals surface area contributed by atoms with Gasteiger partial charge in [-0.3, -0.25) is 0 Å². The molecule has 2 N–H and O–H groups in total. The number of hydrogen-bond donors (Lipinski definition) is 2. The summed E-state index contributed by atoms with van der Waals surface area (Å²) in [4.78, 5) is 5.05. The van der Waals surface area contributed by atoms with Crippen LogP contribution in [-0.2, 0) is 11.3 Å². The second-order valence-electron chi connectivity index (χ2n) is 7.29. The van der Waals surface area contributed by atoms with E-state index in [1.165, 1.54) is 10.5 Å². The van der Waals surface area contributed by atoms with Gasteiger partial charge in [0.1, 0.15) is 11.6 Å². The van der Waals surface area contributed by atoms with E-state index in [-0.39, 0.29) is 11.0 Å². The average molecular weight is 290 g/mol. The molecule has 21 heavy (non-hydrogen) atoms. The van der Waals surface area contributed by atoms with Crippen LogP contribution in [0.15, 0.2) is 30.3 Å². The predicted octanol–water partition coefficient (Wildman–Crippen LogP) is 0.0579. The molecule has 0 saturated carbocycles. The first-order chi connectivity index (χ1) is 9.91. The van der Waals surface area contributed by atoms with Gasteiger partial charge in [-0.25, -0.2) is 4.99 Å². The molecule has 0 amide bonds. The van der Waals surface area contributed by atoms with Gasteiger partial charge < -0.3 is 9.64 Å². The molecule has 1 aliphatic heterocycles. The smallest absolute Gasteiger partial charge is 0.165 e. The number of rotatable bonds is 5. The van der Waals surface area contributed by atoms with Gasteiger partial charge >= 0.3 is 0 Å². The van der Waals surface area contributed by atoms with Crippen molar-refractivity contribution in [3.63, 3.8) is 0 Å². The van der Waals surface area contributed by atoms with Gasteiger partial charge in [0.2, 0.25) is 0 Å². The van der Waals surface area contributed by atoms with Gasteiger partial charge in [-0.2, -0.15) is 0 Å². The summed E-state index contributed by atoms with van der Waals surface area (Å²) in [7, 11) is 4.46. The molecule has 1 aromatic carbocycles. The summed E-state index contributed by atoms with van der Waals surface area (Å²) < 4.78 is 5.91. The van der Waals surface area contributed by atoms with Crippen LogP contribution < -0.4 is 9.89 Å². The maximum Gasteiger partial charge on any atom is 0.165 e. The summed E-state index contributed by atoms with van der Waals surface area (Å²) >= 11 is 0. The highest BCUT2D eigenvalue weighted by atomic mass is 16.5. The van der Waals surface area contributed by atoms with E-state index in [0.29, 0.717) is 0 Å². The molecule has 3 heteroatoms. The van der Waals surface area contributed by atoms with E-state index in [4.69, 9.17) is 4.74 Å². The van der Waals surface area contributed by atoms with E-state index in [1.807, 2.05) is 0 Å². The molecule has 2 rings (SSSR count). The van der Waals surface area contributed by atoms with Crippen LogP contribution in [-0.4, -0.2) is 39.1 Å². The van der Waals surface area contributed by atoms with E-state index in [2.05, 4.69) is 69.5 Å². The maximum absolute atomic E-state index is 5.91. The van der Waals surface area contributed by atoms with Gasteiger partial charge in [0, 0.05) is 12.2 Å². The fourth-order valence-corrected chi connectivity index (χ4v) is 3.53. The molecule has 1 heterocycles. The number of ether oxygens (including phenoxy) is 1. The molecular formula is C18H30N2O+2. The summed E-state index contributed by atoms with van der Waals surface area (Å²) in [6.07, 6.45) is 4.52. The Morgan fingerprint density at radius 1 is 1.24 bits per heavy atom. The third-order valence-electron chi connectivity index (χ3n) is 4.13. The van der Waals surface area contributed by atoms with Gasteiger partial charge in [-0.15, -0.1) is 0 Å². The molecule has 1 aromatic rings. The summed E-state index contributed by atoms with van der Waals surface area (Å²) in [5.41, 5.74) is 1.51. The van der Waals surface area contributed by atoms with Crippen molar-refractivity contribution in [1.29, 1.82) is 0 Å². The van der Waals surface area contributed by atoms with Crippen molar-refractivity contribution in [3.05, 3.63) is 35.9 Å². The Balaban J connectivity index is 2.09. The predicted molar refractivity (Wildman–Crippen MR) is 86.5 cm³/mol. The minimum absolute atomic E-state index is 0.0291. The van der Waals surface area contributed by atoms with Crippen molar-refractivity contribution in [2.75, 3.05) is 27.2 Å². The van der Waals surface area contributed by atoms with Crippen LogP contribution in [0.3, 0.4) is 0 Å². The van der Waals surface area contributed by atoms with Crippen LogP contribution >= 0.6 is 0 Å². The second-order valence-corrected chi connectivity index (χ2v) is 7.29. The summed E-state index contributed by atoms with van der Waals surface area (Å²) in [6.45, 7) is 7.30. The molecule has 0 aliphatic carbocycles. The molecule has 0 unspecified atom stereocenters. The van der Waals surface area contributed by atoms with Crippen molar-refractivity contribution >= 4 is 6.21 Å². The van der Waals surface area contributed by atoms with E-state index in [1.54, 1.807) is 0 Å². The van der Waals surface area contributed by atoms with Crippen LogP contribution in [0.2, 0.25) is 0 Å².